The van der Waals surface area contributed by atoms with Gasteiger partial charge in [0.05, 0.1) is 25.7 Å². The zero-order chi connectivity index (χ0) is 21.0. The van der Waals surface area contributed by atoms with Crippen molar-refractivity contribution in [2.75, 3.05) is 63.3 Å². The number of hydrogen-bond acceptors (Lipinski definition) is 8. The molecule has 164 valence electrons. The fraction of sp³-hybridized carbons (Fsp3) is 0.500. The Hall–Kier alpha value is -2.91. The van der Waals surface area contributed by atoms with Crippen LogP contribution in [-0.2, 0) is 17.7 Å². The molecule has 0 saturated carbocycles. The highest BCUT2D eigenvalue weighted by Gasteiger charge is 2.23. The topological polar surface area (TPSA) is 91.4 Å². The van der Waals surface area contributed by atoms with E-state index in [4.69, 9.17) is 14.5 Å². The average molecular weight is 424 g/mol. The van der Waals surface area contributed by atoms with Crippen molar-refractivity contribution in [3.05, 3.63) is 35.5 Å². The molecule has 1 saturated heterocycles. The molecule has 9 nitrogen and oxygen atoms in total. The summed E-state index contributed by atoms with van der Waals surface area (Å²) in [6.45, 7) is 7.03. The molecule has 2 N–H and O–H groups in total. The van der Waals surface area contributed by atoms with Crippen LogP contribution in [0.1, 0.15) is 17.7 Å². The van der Waals surface area contributed by atoms with Gasteiger partial charge in [0.1, 0.15) is 11.6 Å². The Balaban J connectivity index is 1.37. The van der Waals surface area contributed by atoms with Crippen molar-refractivity contribution < 1.29 is 9.47 Å². The lowest BCUT2D eigenvalue weighted by atomic mass is 10.2. The second kappa shape index (κ2) is 9.07. The van der Waals surface area contributed by atoms with Crippen molar-refractivity contribution in [2.45, 2.75) is 19.4 Å². The fourth-order valence-corrected chi connectivity index (χ4v) is 4.26. The molecule has 2 aromatic heterocycles. The number of nitrogens with zero attached hydrogens (tertiary/aromatic N) is 5. The average Bonchev–Trinajstić information content (AvgIpc) is 3.13. The van der Waals surface area contributed by atoms with Gasteiger partial charge in [0.25, 0.3) is 0 Å². The van der Waals surface area contributed by atoms with E-state index in [0.29, 0.717) is 5.95 Å². The SMILES string of the molecule is COc1ccc(CN2CCCc3[nH]nc4nc(NCCN5CCOCC5)nc2c34)cc1. The summed E-state index contributed by atoms with van der Waals surface area (Å²) in [5.74, 6) is 2.46. The van der Waals surface area contributed by atoms with Crippen molar-refractivity contribution in [1.82, 2.24) is 25.1 Å². The zero-order valence-electron chi connectivity index (χ0n) is 17.9. The van der Waals surface area contributed by atoms with Crippen molar-refractivity contribution in [3.63, 3.8) is 0 Å². The highest BCUT2D eigenvalue weighted by molar-refractivity contribution is 5.91. The second-order valence-corrected chi connectivity index (χ2v) is 8.03. The van der Waals surface area contributed by atoms with Gasteiger partial charge in [-0.2, -0.15) is 15.1 Å². The van der Waals surface area contributed by atoms with E-state index in [1.807, 2.05) is 12.1 Å². The van der Waals surface area contributed by atoms with Crippen LogP contribution in [0.2, 0.25) is 0 Å². The number of methoxy groups -OCH3 is 1. The Kier molecular flexibility index (Phi) is 5.86. The van der Waals surface area contributed by atoms with Gasteiger partial charge in [0.2, 0.25) is 5.95 Å². The monoisotopic (exact) mass is 423 g/mol. The summed E-state index contributed by atoms with van der Waals surface area (Å²) in [4.78, 5) is 14.3. The Morgan fingerprint density at radius 1 is 1.13 bits per heavy atom. The molecule has 0 amide bonds. The summed E-state index contributed by atoms with van der Waals surface area (Å²) in [5.41, 5.74) is 3.08. The molecule has 0 atom stereocenters. The van der Waals surface area contributed by atoms with E-state index in [1.54, 1.807) is 7.11 Å². The van der Waals surface area contributed by atoms with E-state index in [0.717, 1.165) is 93.6 Å². The molecule has 2 aliphatic heterocycles. The molecule has 0 bridgehead atoms. The van der Waals surface area contributed by atoms with Crippen molar-refractivity contribution in [2.24, 2.45) is 0 Å². The van der Waals surface area contributed by atoms with Crippen LogP contribution in [0, 0.1) is 0 Å². The first-order valence-electron chi connectivity index (χ1n) is 11.0. The number of ether oxygens (including phenoxy) is 2. The number of anilines is 2. The largest absolute Gasteiger partial charge is 0.497 e. The van der Waals surface area contributed by atoms with Gasteiger partial charge in [-0.1, -0.05) is 12.1 Å². The molecule has 0 unspecified atom stereocenters. The summed E-state index contributed by atoms with van der Waals surface area (Å²) in [6.07, 6.45) is 2.00. The maximum absolute atomic E-state index is 5.43. The first-order chi connectivity index (χ1) is 15.3. The molecule has 1 fully saturated rings. The summed E-state index contributed by atoms with van der Waals surface area (Å²) < 4.78 is 10.7. The molecule has 5 rings (SSSR count). The van der Waals surface area contributed by atoms with Crippen LogP contribution in [0.5, 0.6) is 5.75 Å². The molecule has 4 heterocycles. The summed E-state index contributed by atoms with van der Waals surface area (Å²) >= 11 is 0. The molecule has 0 radical (unpaired) electrons. The van der Waals surface area contributed by atoms with Gasteiger partial charge in [-0.25, -0.2) is 0 Å². The highest BCUT2D eigenvalue weighted by atomic mass is 16.5. The van der Waals surface area contributed by atoms with E-state index in [9.17, 15) is 0 Å². The smallest absolute Gasteiger partial charge is 0.226 e. The maximum Gasteiger partial charge on any atom is 0.226 e. The molecule has 0 aliphatic carbocycles. The normalized spacial score (nSPS) is 17.0. The number of aryl methyl sites for hydroxylation is 1. The molecule has 3 aromatic rings. The molecule has 1 aromatic carbocycles. The van der Waals surface area contributed by atoms with E-state index < -0.39 is 0 Å². The molecular formula is C22H29N7O2. The van der Waals surface area contributed by atoms with E-state index in [-0.39, 0.29) is 0 Å². The fourth-order valence-electron chi connectivity index (χ4n) is 4.26. The summed E-state index contributed by atoms with van der Waals surface area (Å²) in [6, 6.07) is 8.23. The number of hydrogen-bond donors (Lipinski definition) is 2. The maximum atomic E-state index is 5.43. The lowest BCUT2D eigenvalue weighted by Gasteiger charge is -2.26. The van der Waals surface area contributed by atoms with Crippen LogP contribution in [0.25, 0.3) is 11.0 Å². The third kappa shape index (κ3) is 4.42. The zero-order valence-corrected chi connectivity index (χ0v) is 17.9. The number of benzene rings is 1. The van der Waals surface area contributed by atoms with Gasteiger partial charge in [-0.05, 0) is 30.5 Å². The van der Waals surface area contributed by atoms with Crippen molar-refractivity contribution >= 4 is 22.8 Å². The number of aromatic nitrogens is 4. The van der Waals surface area contributed by atoms with Crippen LogP contribution in [0.4, 0.5) is 11.8 Å². The lowest BCUT2D eigenvalue weighted by molar-refractivity contribution is 0.0398. The van der Waals surface area contributed by atoms with Crippen molar-refractivity contribution in [1.29, 1.82) is 0 Å². The number of rotatable bonds is 7. The molecule has 2 aliphatic rings. The number of nitrogens with one attached hydrogen (secondary N) is 2. The number of morpholine rings is 1. The van der Waals surface area contributed by atoms with E-state index >= 15 is 0 Å². The first-order valence-corrected chi connectivity index (χ1v) is 11.0. The quantitative estimate of drug-likeness (QED) is 0.597. The van der Waals surface area contributed by atoms with Gasteiger partial charge in [-0.15, -0.1) is 0 Å². The predicted octanol–water partition coefficient (Wildman–Crippen LogP) is 2.06. The molecule has 31 heavy (non-hydrogen) atoms. The van der Waals surface area contributed by atoms with E-state index in [1.165, 1.54) is 5.56 Å². The van der Waals surface area contributed by atoms with Crippen LogP contribution in [0.3, 0.4) is 0 Å². The number of aromatic amines is 1. The van der Waals surface area contributed by atoms with Crippen LogP contribution in [-0.4, -0.2) is 78.1 Å². The lowest BCUT2D eigenvalue weighted by Crippen LogP contribution is -2.39. The first kappa shape index (κ1) is 20.0. The van der Waals surface area contributed by atoms with Gasteiger partial charge in [-0.3, -0.25) is 10.00 Å². The van der Waals surface area contributed by atoms with Crippen LogP contribution >= 0.6 is 0 Å². The Bertz CT molecular complexity index is 1010. The Labute approximate surface area is 181 Å². The minimum absolute atomic E-state index is 0.635. The Morgan fingerprint density at radius 2 is 1.97 bits per heavy atom. The number of H-pyrrole nitrogens is 1. The van der Waals surface area contributed by atoms with Crippen LogP contribution in [0.15, 0.2) is 24.3 Å². The summed E-state index contributed by atoms with van der Waals surface area (Å²) in [7, 11) is 1.69. The van der Waals surface area contributed by atoms with Crippen molar-refractivity contribution in [3.8, 4) is 5.75 Å². The third-order valence-corrected chi connectivity index (χ3v) is 5.97. The summed E-state index contributed by atoms with van der Waals surface area (Å²) in [5, 5.41) is 12.1. The van der Waals surface area contributed by atoms with E-state index in [2.05, 4.69) is 42.4 Å². The highest BCUT2D eigenvalue weighted by Crippen LogP contribution is 2.31. The van der Waals surface area contributed by atoms with Gasteiger partial charge < -0.3 is 19.7 Å². The van der Waals surface area contributed by atoms with Gasteiger partial charge >= 0.3 is 0 Å². The van der Waals surface area contributed by atoms with Gasteiger partial charge in [0.15, 0.2) is 5.65 Å². The standard InChI is InChI=1S/C22H29N7O2/c1-30-17-6-4-16(5-7-17)15-29-9-2-3-18-19-20(27-26-18)24-22(25-21(19)29)23-8-10-28-11-13-31-14-12-28/h4-7H,2-3,8-15H2,1H3,(H2,23,24,25,26,27). The second-order valence-electron chi connectivity index (χ2n) is 8.03. The Morgan fingerprint density at radius 3 is 2.77 bits per heavy atom. The minimum atomic E-state index is 0.635. The molecule has 0 spiro atoms. The molecule has 9 heteroatoms. The third-order valence-electron chi connectivity index (χ3n) is 5.97. The predicted molar refractivity (Wildman–Crippen MR) is 120 cm³/mol. The van der Waals surface area contributed by atoms with Crippen LogP contribution < -0.4 is 15.0 Å². The van der Waals surface area contributed by atoms with Gasteiger partial charge in [0, 0.05) is 45.0 Å². The minimum Gasteiger partial charge on any atom is -0.497 e. The molecular weight excluding hydrogens is 394 g/mol.